The number of H-pyrrole nitrogens is 1. The highest BCUT2D eigenvalue weighted by atomic mass is 32.1. The monoisotopic (exact) mass is 532 g/mol. The second kappa shape index (κ2) is 10.1. The highest BCUT2D eigenvalue weighted by Crippen LogP contribution is 2.36. The van der Waals surface area contributed by atoms with Gasteiger partial charge in [0.1, 0.15) is 5.01 Å². The van der Waals surface area contributed by atoms with E-state index in [0.717, 1.165) is 99.2 Å². The molecule has 0 bridgehead atoms. The van der Waals surface area contributed by atoms with Crippen LogP contribution >= 0.6 is 22.7 Å². The maximum absolute atomic E-state index is 5.63. The molecule has 0 aliphatic carbocycles. The molecule has 0 amide bonds. The molecule has 7 rings (SSSR count). The SMILES string of the molecule is c1cc(-c2nc(N3CCOCC3)c3sc(CN4CCN(Cc5nccs5)CC4)cc3n2)c2cn[nH]c2c1. The zero-order valence-electron chi connectivity index (χ0n) is 20.5. The van der Waals surface area contributed by atoms with E-state index < -0.39 is 0 Å². The topological polar surface area (TPSA) is 86.3 Å². The van der Waals surface area contributed by atoms with Gasteiger partial charge in [0.25, 0.3) is 0 Å². The molecule has 0 unspecified atom stereocenters. The molecule has 4 aromatic heterocycles. The number of thiophene rings is 1. The largest absolute Gasteiger partial charge is 0.378 e. The molecule has 0 saturated carbocycles. The average molecular weight is 533 g/mol. The Balaban J connectivity index is 1.17. The lowest BCUT2D eigenvalue weighted by molar-refractivity contribution is 0.122. The molecule has 5 aromatic rings. The molecule has 1 aromatic carbocycles. The first-order valence-electron chi connectivity index (χ1n) is 12.7. The summed E-state index contributed by atoms with van der Waals surface area (Å²) in [7, 11) is 0. The van der Waals surface area contributed by atoms with Crippen molar-refractivity contribution in [1.82, 2.24) is 34.9 Å². The lowest BCUT2D eigenvalue weighted by atomic mass is 10.1. The Bertz CT molecular complexity index is 1500. The van der Waals surface area contributed by atoms with E-state index in [2.05, 4.69) is 47.4 Å². The quantitative estimate of drug-likeness (QED) is 0.353. The zero-order valence-corrected chi connectivity index (χ0v) is 22.1. The summed E-state index contributed by atoms with van der Waals surface area (Å²) in [6, 6.07) is 8.42. The maximum Gasteiger partial charge on any atom is 0.162 e. The van der Waals surface area contributed by atoms with E-state index in [0.29, 0.717) is 0 Å². The highest BCUT2D eigenvalue weighted by molar-refractivity contribution is 7.19. The molecule has 0 spiro atoms. The van der Waals surface area contributed by atoms with Crippen LogP contribution in [-0.4, -0.2) is 87.4 Å². The molecular formula is C26H28N8OS2. The number of aromatic nitrogens is 5. The normalized spacial score (nSPS) is 17.8. The summed E-state index contributed by atoms with van der Waals surface area (Å²) < 4.78 is 6.80. The first-order chi connectivity index (χ1) is 18.3. The predicted molar refractivity (Wildman–Crippen MR) is 148 cm³/mol. The minimum Gasteiger partial charge on any atom is -0.378 e. The van der Waals surface area contributed by atoms with Gasteiger partial charge in [0.2, 0.25) is 0 Å². The predicted octanol–water partition coefficient (Wildman–Crippen LogP) is 3.85. The van der Waals surface area contributed by atoms with Gasteiger partial charge in [0.15, 0.2) is 11.6 Å². The van der Waals surface area contributed by atoms with Crippen molar-refractivity contribution in [1.29, 1.82) is 0 Å². The van der Waals surface area contributed by atoms with Crippen molar-refractivity contribution < 1.29 is 4.74 Å². The lowest BCUT2D eigenvalue weighted by Crippen LogP contribution is -2.45. The molecule has 9 nitrogen and oxygen atoms in total. The first-order valence-corrected chi connectivity index (χ1v) is 14.4. The number of hydrogen-bond acceptors (Lipinski definition) is 10. The Labute approximate surface area is 222 Å². The van der Waals surface area contributed by atoms with Crippen molar-refractivity contribution >= 4 is 49.6 Å². The Morgan fingerprint density at radius 1 is 0.973 bits per heavy atom. The second-order valence-electron chi connectivity index (χ2n) is 9.51. The number of nitrogens with one attached hydrogen (secondary N) is 1. The summed E-state index contributed by atoms with van der Waals surface area (Å²) >= 11 is 3.58. The van der Waals surface area contributed by atoms with Gasteiger partial charge in [0, 0.05) is 73.2 Å². The van der Waals surface area contributed by atoms with E-state index in [9.17, 15) is 0 Å². The fourth-order valence-electron chi connectivity index (χ4n) is 5.16. The fraction of sp³-hybridized carbons (Fsp3) is 0.385. The van der Waals surface area contributed by atoms with Crippen molar-refractivity contribution in [2.75, 3.05) is 57.4 Å². The van der Waals surface area contributed by atoms with Crippen LogP contribution in [0.2, 0.25) is 0 Å². The smallest absolute Gasteiger partial charge is 0.162 e. The van der Waals surface area contributed by atoms with Gasteiger partial charge < -0.3 is 9.64 Å². The summed E-state index contributed by atoms with van der Waals surface area (Å²) in [5, 5.41) is 11.6. The molecule has 0 radical (unpaired) electrons. The molecule has 2 aliphatic rings. The summed E-state index contributed by atoms with van der Waals surface area (Å²) in [5.74, 6) is 1.77. The van der Waals surface area contributed by atoms with Gasteiger partial charge in [-0.2, -0.15) is 5.10 Å². The molecule has 1 N–H and O–H groups in total. The third kappa shape index (κ3) is 4.73. The van der Waals surface area contributed by atoms with Gasteiger partial charge >= 0.3 is 0 Å². The standard InChI is InChI=1S/C26H28N8OS2/c1-2-19(20-15-28-31-21(20)3-1)25-29-22-14-18(37-24(22)26(30-25)34-9-11-35-12-10-34)16-32-5-7-33(8-6-32)17-23-27-4-13-36-23/h1-4,13-15H,5-12,16-17H2,(H,28,31). The third-order valence-corrected chi connectivity index (χ3v) is 9.00. The number of morpholine rings is 1. The van der Waals surface area contributed by atoms with Gasteiger partial charge in [-0.15, -0.1) is 22.7 Å². The minimum absolute atomic E-state index is 0.724. The van der Waals surface area contributed by atoms with Crippen LogP contribution in [0.3, 0.4) is 0 Å². The second-order valence-corrected chi connectivity index (χ2v) is 11.6. The van der Waals surface area contributed by atoms with Crippen molar-refractivity contribution in [2.24, 2.45) is 0 Å². The van der Waals surface area contributed by atoms with Crippen molar-refractivity contribution in [3.8, 4) is 11.4 Å². The fourth-order valence-corrected chi connectivity index (χ4v) is 6.98. The zero-order chi connectivity index (χ0) is 24.6. The van der Waals surface area contributed by atoms with Crippen LogP contribution in [0.1, 0.15) is 9.88 Å². The summed E-state index contributed by atoms with van der Waals surface area (Å²) in [6.07, 6.45) is 3.76. The number of nitrogens with zero attached hydrogens (tertiary/aromatic N) is 7. The molecule has 11 heteroatoms. The molecular weight excluding hydrogens is 504 g/mol. The van der Waals surface area contributed by atoms with E-state index >= 15 is 0 Å². The van der Waals surface area contributed by atoms with E-state index in [-0.39, 0.29) is 0 Å². The maximum atomic E-state index is 5.63. The number of thiazole rings is 1. The van der Waals surface area contributed by atoms with Gasteiger partial charge in [0.05, 0.1) is 41.7 Å². The number of fused-ring (bicyclic) bond motifs is 2. The van der Waals surface area contributed by atoms with Crippen LogP contribution in [0.15, 0.2) is 42.0 Å². The van der Waals surface area contributed by atoms with Crippen LogP contribution in [0.4, 0.5) is 5.82 Å². The van der Waals surface area contributed by atoms with Crippen molar-refractivity contribution in [3.63, 3.8) is 0 Å². The van der Waals surface area contributed by atoms with E-state index in [1.165, 1.54) is 14.6 Å². The van der Waals surface area contributed by atoms with Crippen LogP contribution < -0.4 is 4.90 Å². The Morgan fingerprint density at radius 2 is 1.81 bits per heavy atom. The van der Waals surface area contributed by atoms with E-state index in [1.807, 2.05) is 35.9 Å². The molecule has 2 saturated heterocycles. The molecule has 2 fully saturated rings. The highest BCUT2D eigenvalue weighted by Gasteiger charge is 2.23. The number of piperazine rings is 1. The first kappa shape index (κ1) is 23.2. The summed E-state index contributed by atoms with van der Waals surface area (Å²) in [6.45, 7) is 9.31. The Morgan fingerprint density at radius 3 is 2.62 bits per heavy atom. The Hall–Kier alpha value is -2.96. The summed E-state index contributed by atoms with van der Waals surface area (Å²) in [4.78, 5) is 23.4. The number of hydrogen-bond donors (Lipinski definition) is 1. The van der Waals surface area contributed by atoms with Crippen molar-refractivity contribution in [2.45, 2.75) is 13.1 Å². The minimum atomic E-state index is 0.724. The Kier molecular flexibility index (Phi) is 6.31. The molecule has 6 heterocycles. The van der Waals surface area contributed by atoms with Gasteiger partial charge in [-0.25, -0.2) is 15.0 Å². The molecule has 190 valence electrons. The van der Waals surface area contributed by atoms with Gasteiger partial charge in [-0.05, 0) is 12.1 Å². The number of aromatic amines is 1. The van der Waals surface area contributed by atoms with Crippen molar-refractivity contribution in [3.05, 3.63) is 51.9 Å². The number of rotatable bonds is 6. The van der Waals surface area contributed by atoms with Crippen LogP contribution in [0, 0.1) is 0 Å². The van der Waals surface area contributed by atoms with Crippen LogP contribution in [0.5, 0.6) is 0 Å². The van der Waals surface area contributed by atoms with E-state index in [4.69, 9.17) is 14.7 Å². The number of benzene rings is 1. The molecule has 37 heavy (non-hydrogen) atoms. The third-order valence-electron chi connectivity index (χ3n) is 7.13. The lowest BCUT2D eigenvalue weighted by Gasteiger charge is -2.33. The molecule has 2 aliphatic heterocycles. The summed E-state index contributed by atoms with van der Waals surface area (Å²) in [5.41, 5.74) is 3.02. The van der Waals surface area contributed by atoms with Crippen LogP contribution in [0.25, 0.3) is 32.5 Å². The van der Waals surface area contributed by atoms with Gasteiger partial charge in [-0.1, -0.05) is 12.1 Å². The number of anilines is 1. The van der Waals surface area contributed by atoms with Crippen LogP contribution in [-0.2, 0) is 17.8 Å². The van der Waals surface area contributed by atoms with E-state index in [1.54, 1.807) is 11.3 Å². The average Bonchev–Trinajstić information content (AvgIpc) is 3.70. The number of ether oxygens (including phenoxy) is 1. The molecule has 0 atom stereocenters. The van der Waals surface area contributed by atoms with Gasteiger partial charge in [-0.3, -0.25) is 14.9 Å².